The SMILES string of the molecule is COc1ncc(-c2ccc(-c3ccc4c(c3)CN(C)C4=O)s2)cc1NS(=O)(=O)c1ccccc1. The number of hydrogen-bond acceptors (Lipinski definition) is 6. The van der Waals surface area contributed by atoms with Crippen LogP contribution in [0.1, 0.15) is 15.9 Å². The minimum absolute atomic E-state index is 0.0446. The van der Waals surface area contributed by atoms with E-state index < -0.39 is 10.0 Å². The summed E-state index contributed by atoms with van der Waals surface area (Å²) >= 11 is 1.57. The molecule has 0 radical (unpaired) electrons. The molecule has 172 valence electrons. The Hall–Kier alpha value is -3.69. The van der Waals surface area contributed by atoms with E-state index in [2.05, 4.69) is 15.8 Å². The number of ether oxygens (including phenoxy) is 1. The topological polar surface area (TPSA) is 88.6 Å². The van der Waals surface area contributed by atoms with Crippen LogP contribution in [0.2, 0.25) is 0 Å². The highest BCUT2D eigenvalue weighted by Crippen LogP contribution is 2.38. The lowest BCUT2D eigenvalue weighted by atomic mass is 10.1. The van der Waals surface area contributed by atoms with E-state index in [0.29, 0.717) is 6.54 Å². The van der Waals surface area contributed by atoms with Crippen molar-refractivity contribution in [1.29, 1.82) is 0 Å². The van der Waals surface area contributed by atoms with Crippen LogP contribution < -0.4 is 9.46 Å². The molecule has 34 heavy (non-hydrogen) atoms. The maximum atomic E-state index is 12.8. The molecule has 0 bridgehead atoms. The lowest BCUT2D eigenvalue weighted by molar-refractivity contribution is 0.0816. The number of fused-ring (bicyclic) bond motifs is 1. The first-order valence-electron chi connectivity index (χ1n) is 10.5. The van der Waals surface area contributed by atoms with Crippen LogP contribution >= 0.6 is 11.3 Å². The van der Waals surface area contributed by atoms with Crippen LogP contribution in [0.15, 0.2) is 77.8 Å². The fraction of sp³-hybridized carbons (Fsp3) is 0.120. The van der Waals surface area contributed by atoms with E-state index in [1.165, 1.54) is 19.2 Å². The summed E-state index contributed by atoms with van der Waals surface area (Å²) < 4.78 is 33.5. The number of aromatic nitrogens is 1. The number of nitrogens with one attached hydrogen (secondary N) is 1. The fourth-order valence-electron chi connectivity index (χ4n) is 3.89. The van der Waals surface area contributed by atoms with Gasteiger partial charge in [-0.05, 0) is 53.6 Å². The van der Waals surface area contributed by atoms with Gasteiger partial charge in [-0.15, -0.1) is 11.3 Å². The second-order valence-corrected chi connectivity index (χ2v) is 10.7. The average Bonchev–Trinajstić information content (AvgIpc) is 3.44. The second kappa shape index (κ2) is 8.58. The Morgan fingerprint density at radius 1 is 1.00 bits per heavy atom. The van der Waals surface area contributed by atoms with Crippen molar-refractivity contribution in [1.82, 2.24) is 9.88 Å². The molecule has 0 unspecified atom stereocenters. The molecule has 0 saturated carbocycles. The number of benzene rings is 2. The Morgan fingerprint density at radius 2 is 1.74 bits per heavy atom. The Balaban J connectivity index is 1.46. The van der Waals surface area contributed by atoms with Crippen LogP contribution in [0.4, 0.5) is 5.69 Å². The zero-order chi connectivity index (χ0) is 23.9. The lowest BCUT2D eigenvalue weighted by Crippen LogP contribution is -2.17. The Labute approximate surface area is 201 Å². The molecule has 7 nitrogen and oxygen atoms in total. The molecule has 1 amide bonds. The maximum absolute atomic E-state index is 12.8. The van der Waals surface area contributed by atoms with Crippen molar-refractivity contribution < 1.29 is 17.9 Å². The van der Waals surface area contributed by atoms with Crippen LogP contribution in [-0.4, -0.2) is 38.4 Å². The van der Waals surface area contributed by atoms with Crippen LogP contribution in [0.5, 0.6) is 5.88 Å². The zero-order valence-electron chi connectivity index (χ0n) is 18.5. The number of anilines is 1. The van der Waals surface area contributed by atoms with E-state index in [-0.39, 0.29) is 22.4 Å². The van der Waals surface area contributed by atoms with Gasteiger partial charge in [0.05, 0.1) is 12.0 Å². The third-order valence-electron chi connectivity index (χ3n) is 5.61. The molecule has 2 aromatic carbocycles. The van der Waals surface area contributed by atoms with E-state index in [1.807, 2.05) is 24.3 Å². The summed E-state index contributed by atoms with van der Waals surface area (Å²) in [5, 5.41) is 0. The van der Waals surface area contributed by atoms with Gasteiger partial charge in [0.15, 0.2) is 0 Å². The largest absolute Gasteiger partial charge is 0.480 e. The standard InChI is InChI=1S/C25H21N3O4S2/c1-28-15-18-12-16(8-9-20(18)25(28)29)22-10-11-23(33-22)17-13-21(24(32-2)26-14-17)27-34(30,31)19-6-4-3-5-7-19/h3-14,27H,15H2,1-2H3. The van der Waals surface area contributed by atoms with Crippen molar-refractivity contribution in [3.8, 4) is 26.8 Å². The number of hydrogen-bond donors (Lipinski definition) is 1. The molecular weight excluding hydrogens is 470 g/mol. The van der Waals surface area contributed by atoms with Gasteiger partial charge in [0, 0.05) is 40.7 Å². The number of carbonyl (C=O) groups excluding carboxylic acids is 1. The molecule has 3 heterocycles. The van der Waals surface area contributed by atoms with Gasteiger partial charge >= 0.3 is 0 Å². The highest BCUT2D eigenvalue weighted by atomic mass is 32.2. The number of methoxy groups -OCH3 is 1. The van der Waals surface area contributed by atoms with Crippen LogP contribution in [0.3, 0.4) is 0 Å². The summed E-state index contributed by atoms with van der Waals surface area (Å²) in [4.78, 5) is 20.3. The number of rotatable bonds is 6. The van der Waals surface area contributed by atoms with Crippen molar-refractivity contribution in [2.45, 2.75) is 11.4 Å². The molecule has 1 N–H and O–H groups in total. The number of nitrogens with zero attached hydrogens (tertiary/aromatic N) is 2. The van der Waals surface area contributed by atoms with Crippen LogP contribution in [0, 0.1) is 0 Å². The normalized spacial score (nSPS) is 13.1. The second-order valence-electron chi connectivity index (χ2n) is 7.90. The molecule has 2 aromatic heterocycles. The minimum Gasteiger partial charge on any atom is -0.480 e. The van der Waals surface area contributed by atoms with Gasteiger partial charge in [0.2, 0.25) is 5.88 Å². The Morgan fingerprint density at radius 3 is 2.47 bits per heavy atom. The van der Waals surface area contributed by atoms with Crippen molar-refractivity contribution in [2.24, 2.45) is 0 Å². The monoisotopic (exact) mass is 491 g/mol. The number of sulfonamides is 1. The summed E-state index contributed by atoms with van der Waals surface area (Å²) in [6.45, 7) is 0.605. The maximum Gasteiger partial charge on any atom is 0.262 e. The van der Waals surface area contributed by atoms with Crippen molar-refractivity contribution in [2.75, 3.05) is 18.9 Å². The molecule has 1 aliphatic rings. The molecule has 0 atom stereocenters. The van der Waals surface area contributed by atoms with Gasteiger partial charge in [-0.25, -0.2) is 13.4 Å². The van der Waals surface area contributed by atoms with Gasteiger partial charge in [-0.1, -0.05) is 24.3 Å². The predicted octanol–water partition coefficient (Wildman–Crippen LogP) is 4.87. The summed E-state index contributed by atoms with van der Waals surface area (Å²) in [6.07, 6.45) is 1.66. The van der Waals surface area contributed by atoms with Crippen molar-refractivity contribution >= 4 is 33.0 Å². The molecule has 0 aliphatic carbocycles. The summed E-state index contributed by atoms with van der Waals surface area (Å²) in [6, 6.07) is 19.7. The average molecular weight is 492 g/mol. The highest BCUT2D eigenvalue weighted by Gasteiger charge is 2.24. The first-order valence-corrected chi connectivity index (χ1v) is 12.8. The molecule has 9 heteroatoms. The quantitative estimate of drug-likeness (QED) is 0.416. The third kappa shape index (κ3) is 4.04. The minimum atomic E-state index is -3.80. The first kappa shape index (κ1) is 22.1. The van der Waals surface area contributed by atoms with Gasteiger partial charge in [-0.3, -0.25) is 9.52 Å². The first-order chi connectivity index (χ1) is 16.4. The zero-order valence-corrected chi connectivity index (χ0v) is 20.1. The number of carbonyl (C=O) groups is 1. The molecule has 1 aliphatic heterocycles. The lowest BCUT2D eigenvalue weighted by Gasteiger charge is -2.12. The Kier molecular flexibility index (Phi) is 5.59. The van der Waals surface area contributed by atoms with Crippen molar-refractivity contribution in [3.05, 3.63) is 84.1 Å². The van der Waals surface area contributed by atoms with Crippen LogP contribution in [-0.2, 0) is 16.6 Å². The van der Waals surface area contributed by atoms with Gasteiger partial charge in [0.25, 0.3) is 15.9 Å². The Bertz CT molecular complexity index is 1500. The summed E-state index contributed by atoms with van der Waals surface area (Å²) in [5.74, 6) is 0.232. The van der Waals surface area contributed by atoms with Gasteiger partial charge < -0.3 is 9.64 Å². The van der Waals surface area contributed by atoms with Gasteiger partial charge in [-0.2, -0.15) is 0 Å². The van der Waals surface area contributed by atoms with E-state index in [1.54, 1.807) is 53.7 Å². The molecule has 0 spiro atoms. The fourth-order valence-corrected chi connectivity index (χ4v) is 5.95. The van der Waals surface area contributed by atoms with E-state index in [9.17, 15) is 13.2 Å². The molecule has 0 saturated heterocycles. The van der Waals surface area contributed by atoms with E-state index >= 15 is 0 Å². The summed E-state index contributed by atoms with van der Waals surface area (Å²) in [7, 11) is -0.552. The number of pyridine rings is 1. The van der Waals surface area contributed by atoms with E-state index in [4.69, 9.17) is 4.74 Å². The van der Waals surface area contributed by atoms with Crippen LogP contribution in [0.25, 0.3) is 20.9 Å². The molecule has 0 fully saturated rings. The molecule has 4 aromatic rings. The highest BCUT2D eigenvalue weighted by molar-refractivity contribution is 7.92. The molecular formula is C25H21N3O4S2. The van der Waals surface area contributed by atoms with E-state index in [0.717, 1.165) is 32.0 Å². The smallest absolute Gasteiger partial charge is 0.262 e. The molecule has 5 rings (SSSR count). The number of amides is 1. The number of thiophene rings is 1. The predicted molar refractivity (Wildman–Crippen MR) is 133 cm³/mol. The van der Waals surface area contributed by atoms with Gasteiger partial charge in [0.1, 0.15) is 5.69 Å². The third-order valence-corrected chi connectivity index (χ3v) is 8.17. The summed E-state index contributed by atoms with van der Waals surface area (Å²) in [5.41, 5.74) is 3.82. The van der Waals surface area contributed by atoms with Crippen molar-refractivity contribution in [3.63, 3.8) is 0 Å².